The Labute approximate surface area is 107 Å². The molecule has 2 atom stereocenters. The van der Waals surface area contributed by atoms with Gasteiger partial charge in [-0.3, -0.25) is 4.90 Å². The van der Waals surface area contributed by atoms with Crippen LogP contribution in [0.5, 0.6) is 0 Å². The average molecular weight is 239 g/mol. The molecule has 1 aliphatic heterocycles. The molecule has 100 valence electrons. The third kappa shape index (κ3) is 3.94. The predicted octanol–water partition coefficient (Wildman–Crippen LogP) is 1.54. The molecule has 1 saturated heterocycles. The zero-order valence-corrected chi connectivity index (χ0v) is 11.8. The molecule has 2 unspecified atom stereocenters. The molecule has 0 amide bonds. The van der Waals surface area contributed by atoms with Crippen LogP contribution in [0, 0.1) is 0 Å². The molecule has 2 aliphatic rings. The first kappa shape index (κ1) is 13.3. The van der Waals surface area contributed by atoms with Crippen molar-refractivity contribution in [3.63, 3.8) is 0 Å². The molecule has 0 bridgehead atoms. The molecule has 0 radical (unpaired) electrons. The summed E-state index contributed by atoms with van der Waals surface area (Å²) in [5.74, 6) is 0. The summed E-state index contributed by atoms with van der Waals surface area (Å²) in [7, 11) is 2.24. The number of likely N-dealkylation sites (N-methyl/N-ethyl adjacent to an activating group) is 1. The standard InChI is InChI=1S/C14H29N3/c1-4-5-14(10-15-13-6-7-13)17-9-8-16(3)11-12(17)2/h12-15H,4-11H2,1-3H3. The van der Waals surface area contributed by atoms with Crippen molar-refractivity contribution >= 4 is 0 Å². The maximum Gasteiger partial charge on any atom is 0.0224 e. The van der Waals surface area contributed by atoms with Crippen molar-refractivity contribution in [3.05, 3.63) is 0 Å². The summed E-state index contributed by atoms with van der Waals surface area (Å²) in [6.07, 6.45) is 5.44. The zero-order chi connectivity index (χ0) is 12.3. The Morgan fingerprint density at radius 1 is 1.29 bits per heavy atom. The Balaban J connectivity index is 1.84. The summed E-state index contributed by atoms with van der Waals surface area (Å²) in [6.45, 7) is 9.60. The van der Waals surface area contributed by atoms with Crippen LogP contribution in [0.1, 0.15) is 39.5 Å². The normalized spacial score (nSPS) is 29.5. The highest BCUT2D eigenvalue weighted by Crippen LogP contribution is 2.20. The Kier molecular flexibility index (Phi) is 4.83. The fourth-order valence-corrected chi connectivity index (χ4v) is 3.00. The molecule has 2 rings (SSSR count). The fourth-order valence-electron chi connectivity index (χ4n) is 3.00. The molecule has 3 heteroatoms. The van der Waals surface area contributed by atoms with Crippen LogP contribution in [0.25, 0.3) is 0 Å². The largest absolute Gasteiger partial charge is 0.312 e. The van der Waals surface area contributed by atoms with Crippen LogP contribution < -0.4 is 5.32 Å². The van der Waals surface area contributed by atoms with Crippen molar-refractivity contribution in [2.75, 3.05) is 33.2 Å². The van der Waals surface area contributed by atoms with Crippen molar-refractivity contribution in [1.29, 1.82) is 0 Å². The van der Waals surface area contributed by atoms with Crippen LogP contribution in [0.3, 0.4) is 0 Å². The second-order valence-electron chi connectivity index (χ2n) is 5.97. The van der Waals surface area contributed by atoms with E-state index in [0.29, 0.717) is 6.04 Å². The van der Waals surface area contributed by atoms with Gasteiger partial charge < -0.3 is 10.2 Å². The van der Waals surface area contributed by atoms with E-state index in [1.165, 1.54) is 51.9 Å². The van der Waals surface area contributed by atoms with E-state index in [1.807, 2.05) is 0 Å². The lowest BCUT2D eigenvalue weighted by Gasteiger charge is -2.43. The van der Waals surface area contributed by atoms with Gasteiger partial charge in [0, 0.05) is 44.3 Å². The highest BCUT2D eigenvalue weighted by molar-refractivity contribution is 4.87. The van der Waals surface area contributed by atoms with Gasteiger partial charge in [0.1, 0.15) is 0 Å². The molecular weight excluding hydrogens is 210 g/mol. The van der Waals surface area contributed by atoms with Crippen LogP contribution in [-0.4, -0.2) is 61.2 Å². The van der Waals surface area contributed by atoms with E-state index in [4.69, 9.17) is 0 Å². The lowest BCUT2D eigenvalue weighted by molar-refractivity contribution is 0.0568. The van der Waals surface area contributed by atoms with Gasteiger partial charge in [-0.05, 0) is 33.2 Å². The van der Waals surface area contributed by atoms with E-state index < -0.39 is 0 Å². The van der Waals surface area contributed by atoms with Crippen molar-refractivity contribution in [2.45, 2.75) is 57.7 Å². The summed E-state index contributed by atoms with van der Waals surface area (Å²) < 4.78 is 0. The van der Waals surface area contributed by atoms with E-state index in [0.717, 1.165) is 12.1 Å². The molecule has 1 saturated carbocycles. The zero-order valence-electron chi connectivity index (χ0n) is 11.8. The highest BCUT2D eigenvalue weighted by atomic mass is 15.3. The maximum atomic E-state index is 3.72. The van der Waals surface area contributed by atoms with Crippen molar-refractivity contribution in [3.8, 4) is 0 Å². The first-order valence-corrected chi connectivity index (χ1v) is 7.38. The van der Waals surface area contributed by atoms with Crippen molar-refractivity contribution in [1.82, 2.24) is 15.1 Å². The summed E-state index contributed by atoms with van der Waals surface area (Å²) in [6, 6.07) is 2.31. The Bertz CT molecular complexity index is 228. The van der Waals surface area contributed by atoms with Crippen LogP contribution in [-0.2, 0) is 0 Å². The second kappa shape index (κ2) is 6.17. The topological polar surface area (TPSA) is 18.5 Å². The minimum atomic E-state index is 0.714. The van der Waals surface area contributed by atoms with E-state index in [9.17, 15) is 0 Å². The summed E-state index contributed by atoms with van der Waals surface area (Å²) >= 11 is 0. The molecule has 1 aliphatic carbocycles. The SMILES string of the molecule is CCCC(CNC1CC1)N1CCN(C)CC1C. The molecule has 1 heterocycles. The molecule has 0 aromatic rings. The Hall–Kier alpha value is -0.120. The smallest absolute Gasteiger partial charge is 0.0224 e. The van der Waals surface area contributed by atoms with Crippen molar-refractivity contribution in [2.24, 2.45) is 0 Å². The van der Waals surface area contributed by atoms with Gasteiger partial charge in [-0.15, -0.1) is 0 Å². The molecular formula is C14H29N3. The predicted molar refractivity (Wildman–Crippen MR) is 73.4 cm³/mol. The first-order valence-electron chi connectivity index (χ1n) is 7.38. The highest BCUT2D eigenvalue weighted by Gasteiger charge is 2.29. The number of hydrogen-bond donors (Lipinski definition) is 1. The summed E-state index contributed by atoms with van der Waals surface area (Å²) in [5.41, 5.74) is 0. The van der Waals surface area contributed by atoms with Gasteiger partial charge in [0.2, 0.25) is 0 Å². The van der Waals surface area contributed by atoms with Gasteiger partial charge in [-0.1, -0.05) is 13.3 Å². The lowest BCUT2D eigenvalue weighted by Crippen LogP contribution is -2.56. The number of nitrogens with zero attached hydrogens (tertiary/aromatic N) is 2. The fraction of sp³-hybridized carbons (Fsp3) is 1.00. The molecule has 1 N–H and O–H groups in total. The molecule has 2 fully saturated rings. The van der Waals surface area contributed by atoms with E-state index in [2.05, 4.69) is 36.0 Å². The third-order valence-corrected chi connectivity index (χ3v) is 4.19. The van der Waals surface area contributed by atoms with Crippen LogP contribution in [0.2, 0.25) is 0 Å². The first-order chi connectivity index (χ1) is 8.20. The second-order valence-corrected chi connectivity index (χ2v) is 5.97. The van der Waals surface area contributed by atoms with Gasteiger partial charge in [0.05, 0.1) is 0 Å². The van der Waals surface area contributed by atoms with Gasteiger partial charge in [0.25, 0.3) is 0 Å². The third-order valence-electron chi connectivity index (χ3n) is 4.19. The van der Waals surface area contributed by atoms with Crippen LogP contribution >= 0.6 is 0 Å². The molecule has 3 nitrogen and oxygen atoms in total. The van der Waals surface area contributed by atoms with Gasteiger partial charge >= 0.3 is 0 Å². The summed E-state index contributed by atoms with van der Waals surface area (Å²) in [5, 5.41) is 3.72. The van der Waals surface area contributed by atoms with E-state index in [-0.39, 0.29) is 0 Å². The summed E-state index contributed by atoms with van der Waals surface area (Å²) in [4.78, 5) is 5.19. The number of rotatable bonds is 6. The minimum Gasteiger partial charge on any atom is -0.312 e. The molecule has 0 spiro atoms. The van der Waals surface area contributed by atoms with Crippen molar-refractivity contribution < 1.29 is 0 Å². The van der Waals surface area contributed by atoms with E-state index >= 15 is 0 Å². The van der Waals surface area contributed by atoms with Gasteiger partial charge in [0.15, 0.2) is 0 Å². The Morgan fingerprint density at radius 2 is 2.06 bits per heavy atom. The lowest BCUT2D eigenvalue weighted by atomic mass is 10.1. The number of piperazine rings is 1. The quantitative estimate of drug-likeness (QED) is 0.758. The molecule has 0 aromatic carbocycles. The van der Waals surface area contributed by atoms with Crippen LogP contribution in [0.15, 0.2) is 0 Å². The monoisotopic (exact) mass is 239 g/mol. The molecule has 0 aromatic heterocycles. The molecule has 17 heavy (non-hydrogen) atoms. The number of nitrogens with one attached hydrogen (secondary N) is 1. The number of hydrogen-bond acceptors (Lipinski definition) is 3. The van der Waals surface area contributed by atoms with Gasteiger partial charge in [-0.25, -0.2) is 0 Å². The average Bonchev–Trinajstić information content (AvgIpc) is 3.09. The van der Waals surface area contributed by atoms with Crippen LogP contribution in [0.4, 0.5) is 0 Å². The Morgan fingerprint density at radius 3 is 2.65 bits per heavy atom. The van der Waals surface area contributed by atoms with E-state index in [1.54, 1.807) is 0 Å². The maximum absolute atomic E-state index is 3.72. The minimum absolute atomic E-state index is 0.714. The van der Waals surface area contributed by atoms with Gasteiger partial charge in [-0.2, -0.15) is 0 Å².